The van der Waals surface area contributed by atoms with E-state index in [2.05, 4.69) is 9.72 Å². The summed E-state index contributed by atoms with van der Waals surface area (Å²) in [5, 5.41) is 0.651. The van der Waals surface area contributed by atoms with Gasteiger partial charge in [-0.25, -0.2) is 9.78 Å². The van der Waals surface area contributed by atoms with Crippen molar-refractivity contribution in [2.45, 2.75) is 31.4 Å². The third kappa shape index (κ3) is 5.74. The third-order valence-electron chi connectivity index (χ3n) is 1.92. The number of carbonyl (C=O) groups is 2. The maximum atomic E-state index is 11.5. The van der Waals surface area contributed by atoms with Gasteiger partial charge in [0, 0.05) is 6.20 Å². The van der Waals surface area contributed by atoms with Crippen molar-refractivity contribution in [2.24, 2.45) is 0 Å². The molecule has 1 rings (SSSR count). The Hall–Kier alpha value is -1.56. The summed E-state index contributed by atoms with van der Waals surface area (Å²) in [6.07, 6.45) is 1.42. The fraction of sp³-hybridized carbons (Fsp3) is 0.462. The number of rotatable bonds is 4. The largest absolute Gasteiger partial charge is 0.465 e. The molecule has 0 fully saturated rings. The second kappa shape index (κ2) is 6.56. The van der Waals surface area contributed by atoms with E-state index in [9.17, 15) is 9.59 Å². The van der Waals surface area contributed by atoms with E-state index >= 15 is 0 Å². The van der Waals surface area contributed by atoms with Gasteiger partial charge in [-0.15, -0.1) is 0 Å². The molecule has 1 aromatic rings. The highest BCUT2D eigenvalue weighted by Gasteiger charge is 2.16. The van der Waals surface area contributed by atoms with E-state index in [1.807, 2.05) is 20.8 Å². The monoisotopic (exact) mass is 283 g/mol. The maximum absolute atomic E-state index is 11.5. The molecule has 0 aromatic carbocycles. The number of pyridine rings is 1. The summed E-state index contributed by atoms with van der Waals surface area (Å²) < 4.78 is 9.75. The molecule has 1 heterocycles. The molecule has 0 atom stereocenters. The maximum Gasteiger partial charge on any atom is 0.339 e. The SMILES string of the molecule is COC(=O)c1ccc(SCC(=O)OC(C)(C)C)nc1. The molecule has 0 aliphatic rings. The Kier molecular flexibility index (Phi) is 5.35. The minimum Gasteiger partial charge on any atom is -0.465 e. The highest BCUT2D eigenvalue weighted by molar-refractivity contribution is 7.99. The fourth-order valence-corrected chi connectivity index (χ4v) is 1.82. The molecular formula is C13H17NO4S. The fourth-order valence-electron chi connectivity index (χ4n) is 1.21. The van der Waals surface area contributed by atoms with Crippen LogP contribution < -0.4 is 0 Å². The number of methoxy groups -OCH3 is 1. The first-order chi connectivity index (χ1) is 8.81. The van der Waals surface area contributed by atoms with Crippen LogP contribution in [0.25, 0.3) is 0 Å². The quantitative estimate of drug-likeness (QED) is 0.624. The van der Waals surface area contributed by atoms with E-state index in [1.54, 1.807) is 12.1 Å². The summed E-state index contributed by atoms with van der Waals surface area (Å²) in [4.78, 5) is 26.8. The lowest BCUT2D eigenvalue weighted by Crippen LogP contribution is -2.24. The van der Waals surface area contributed by atoms with Crippen molar-refractivity contribution in [1.29, 1.82) is 0 Å². The van der Waals surface area contributed by atoms with Gasteiger partial charge < -0.3 is 9.47 Å². The summed E-state index contributed by atoms with van der Waals surface area (Å²) in [6, 6.07) is 3.28. The van der Waals surface area contributed by atoms with E-state index < -0.39 is 11.6 Å². The van der Waals surface area contributed by atoms with Gasteiger partial charge in [0.05, 0.1) is 23.5 Å². The van der Waals surface area contributed by atoms with E-state index in [1.165, 1.54) is 25.1 Å². The van der Waals surface area contributed by atoms with Crippen LogP contribution in [0.5, 0.6) is 0 Å². The number of nitrogens with zero attached hydrogens (tertiary/aromatic N) is 1. The van der Waals surface area contributed by atoms with Crippen molar-refractivity contribution in [3.05, 3.63) is 23.9 Å². The van der Waals surface area contributed by atoms with Gasteiger partial charge in [0.2, 0.25) is 0 Å². The van der Waals surface area contributed by atoms with Crippen molar-refractivity contribution in [1.82, 2.24) is 4.98 Å². The number of hydrogen-bond donors (Lipinski definition) is 0. The van der Waals surface area contributed by atoms with Crippen LogP contribution in [-0.2, 0) is 14.3 Å². The van der Waals surface area contributed by atoms with Crippen LogP contribution in [0.4, 0.5) is 0 Å². The van der Waals surface area contributed by atoms with Gasteiger partial charge in [0.25, 0.3) is 0 Å². The van der Waals surface area contributed by atoms with E-state index in [4.69, 9.17) is 4.74 Å². The molecule has 0 aliphatic heterocycles. The zero-order chi connectivity index (χ0) is 14.5. The first-order valence-corrected chi connectivity index (χ1v) is 6.69. The van der Waals surface area contributed by atoms with Crippen LogP contribution in [0.1, 0.15) is 31.1 Å². The predicted octanol–water partition coefficient (Wildman–Crippen LogP) is 2.30. The van der Waals surface area contributed by atoms with Crippen LogP contribution in [-0.4, -0.2) is 35.4 Å². The van der Waals surface area contributed by atoms with Gasteiger partial charge in [-0.05, 0) is 32.9 Å². The van der Waals surface area contributed by atoms with Gasteiger partial charge in [-0.3, -0.25) is 4.79 Å². The predicted molar refractivity (Wildman–Crippen MR) is 72.1 cm³/mol. The number of esters is 2. The summed E-state index contributed by atoms with van der Waals surface area (Å²) in [5.74, 6) is -0.547. The lowest BCUT2D eigenvalue weighted by atomic mass is 10.2. The van der Waals surface area contributed by atoms with Crippen LogP contribution in [0.3, 0.4) is 0 Å². The summed E-state index contributed by atoms with van der Waals surface area (Å²) in [7, 11) is 1.31. The number of hydrogen-bond acceptors (Lipinski definition) is 6. The van der Waals surface area contributed by atoms with Crippen molar-refractivity contribution < 1.29 is 19.1 Å². The molecule has 0 unspecified atom stereocenters. The minimum absolute atomic E-state index is 0.182. The van der Waals surface area contributed by atoms with Crippen molar-refractivity contribution in [2.75, 3.05) is 12.9 Å². The first-order valence-electron chi connectivity index (χ1n) is 5.71. The van der Waals surface area contributed by atoms with Crippen molar-refractivity contribution in [3.8, 4) is 0 Å². The molecule has 5 nitrogen and oxygen atoms in total. The van der Waals surface area contributed by atoms with Gasteiger partial charge >= 0.3 is 11.9 Å². The number of thioether (sulfide) groups is 1. The molecule has 0 aliphatic carbocycles. The Labute approximate surface area is 116 Å². The third-order valence-corrected chi connectivity index (χ3v) is 2.83. The zero-order valence-corrected chi connectivity index (χ0v) is 12.2. The average Bonchev–Trinajstić information content (AvgIpc) is 2.34. The molecule has 0 amide bonds. The molecule has 0 N–H and O–H groups in total. The van der Waals surface area contributed by atoms with Gasteiger partial charge in [0.1, 0.15) is 5.60 Å². The molecule has 0 radical (unpaired) electrons. The van der Waals surface area contributed by atoms with E-state index in [-0.39, 0.29) is 11.7 Å². The van der Waals surface area contributed by atoms with Crippen LogP contribution in [0.2, 0.25) is 0 Å². The van der Waals surface area contributed by atoms with E-state index in [0.29, 0.717) is 10.6 Å². The van der Waals surface area contributed by atoms with Gasteiger partial charge in [-0.2, -0.15) is 0 Å². The number of aromatic nitrogens is 1. The Morgan fingerprint density at radius 3 is 2.47 bits per heavy atom. The minimum atomic E-state index is -0.486. The number of carbonyl (C=O) groups excluding carboxylic acids is 2. The molecule has 0 spiro atoms. The van der Waals surface area contributed by atoms with Crippen molar-refractivity contribution in [3.63, 3.8) is 0 Å². The average molecular weight is 283 g/mol. The first kappa shape index (κ1) is 15.5. The molecule has 0 saturated heterocycles. The lowest BCUT2D eigenvalue weighted by Gasteiger charge is -2.19. The summed E-state index contributed by atoms with van der Waals surface area (Å²) in [5.41, 5.74) is -0.107. The molecule has 0 bridgehead atoms. The van der Waals surface area contributed by atoms with Crippen LogP contribution in [0.15, 0.2) is 23.4 Å². The van der Waals surface area contributed by atoms with Crippen LogP contribution in [0, 0.1) is 0 Å². The van der Waals surface area contributed by atoms with Gasteiger partial charge in [0.15, 0.2) is 0 Å². The molecule has 0 saturated carbocycles. The highest BCUT2D eigenvalue weighted by Crippen LogP contribution is 2.17. The Morgan fingerprint density at radius 2 is 2.00 bits per heavy atom. The lowest BCUT2D eigenvalue weighted by molar-refractivity contribution is -0.151. The second-order valence-electron chi connectivity index (χ2n) is 4.75. The molecule has 1 aromatic heterocycles. The topological polar surface area (TPSA) is 65.5 Å². The standard InChI is InChI=1S/C13H17NO4S/c1-13(2,3)18-11(15)8-19-10-6-5-9(7-14-10)12(16)17-4/h5-7H,8H2,1-4H3. The van der Waals surface area contributed by atoms with Crippen LogP contribution >= 0.6 is 11.8 Å². The summed E-state index contributed by atoms with van der Waals surface area (Å²) >= 11 is 1.26. The molecule has 19 heavy (non-hydrogen) atoms. The summed E-state index contributed by atoms with van der Waals surface area (Å²) in [6.45, 7) is 5.46. The van der Waals surface area contributed by atoms with E-state index in [0.717, 1.165) is 0 Å². The van der Waals surface area contributed by atoms with Crippen molar-refractivity contribution >= 4 is 23.7 Å². The Morgan fingerprint density at radius 1 is 1.32 bits per heavy atom. The molecular weight excluding hydrogens is 266 g/mol. The number of ether oxygens (including phenoxy) is 2. The smallest absolute Gasteiger partial charge is 0.339 e. The molecule has 104 valence electrons. The second-order valence-corrected chi connectivity index (χ2v) is 5.75. The normalized spacial score (nSPS) is 10.9. The highest BCUT2D eigenvalue weighted by atomic mass is 32.2. The Balaban J connectivity index is 2.50. The van der Waals surface area contributed by atoms with Gasteiger partial charge in [-0.1, -0.05) is 11.8 Å². The Bertz CT molecular complexity index is 451. The zero-order valence-electron chi connectivity index (χ0n) is 11.4. The molecule has 6 heteroatoms.